The number of para-hydroxylation sites is 1. The number of rotatable bonds is 8. The summed E-state index contributed by atoms with van der Waals surface area (Å²) in [7, 11) is 0. The van der Waals surface area contributed by atoms with Crippen molar-refractivity contribution in [3.8, 4) is 22.7 Å². The molecular weight excluding hydrogens is 438 g/mol. The number of ether oxygens (including phenoxy) is 1. The molecule has 32 heavy (non-hydrogen) atoms. The second-order valence-corrected chi connectivity index (χ2v) is 8.85. The first-order valence-electron chi connectivity index (χ1n) is 10.3. The fourth-order valence-corrected chi connectivity index (χ4v) is 4.58. The standard InChI is InChI=1S/C25H23N3O2S2/c1-3-13-27-24(29)22(32-25(27)31)16-19-17-28(20-10-6-5-7-11-20)26-23(19)18-9-8-12-21(15-18)30-14-4-2/h3,5-12,15-17H,1,4,13-14H2,2H3/b22-16-. The molecule has 0 unspecified atom stereocenters. The number of thioether (sulfide) groups is 1. The monoisotopic (exact) mass is 461 g/mol. The van der Waals surface area contributed by atoms with Gasteiger partial charge in [0.15, 0.2) is 0 Å². The van der Waals surface area contributed by atoms with Gasteiger partial charge in [0.05, 0.1) is 17.2 Å². The van der Waals surface area contributed by atoms with Crippen molar-refractivity contribution in [3.63, 3.8) is 0 Å². The molecule has 2 heterocycles. The molecule has 1 aliphatic heterocycles. The molecule has 2 aromatic carbocycles. The minimum absolute atomic E-state index is 0.113. The predicted octanol–water partition coefficient (Wildman–Crippen LogP) is 5.72. The number of benzene rings is 2. The first kappa shape index (κ1) is 22.0. The summed E-state index contributed by atoms with van der Waals surface area (Å²) in [6, 6.07) is 17.8. The van der Waals surface area contributed by atoms with Gasteiger partial charge in [0, 0.05) is 23.9 Å². The highest BCUT2D eigenvalue weighted by atomic mass is 32.2. The second kappa shape index (κ2) is 9.97. The molecule has 4 rings (SSSR count). The summed E-state index contributed by atoms with van der Waals surface area (Å²) in [5.74, 6) is 0.681. The maximum absolute atomic E-state index is 12.9. The van der Waals surface area contributed by atoms with Gasteiger partial charge in [-0.1, -0.05) is 67.3 Å². The van der Waals surface area contributed by atoms with E-state index in [1.807, 2.05) is 71.6 Å². The van der Waals surface area contributed by atoms with E-state index in [9.17, 15) is 4.79 Å². The Kier molecular flexibility index (Phi) is 6.87. The van der Waals surface area contributed by atoms with Gasteiger partial charge in [-0.3, -0.25) is 9.69 Å². The van der Waals surface area contributed by atoms with Crippen LogP contribution in [0.3, 0.4) is 0 Å². The molecule has 1 aliphatic rings. The molecule has 0 N–H and O–H groups in total. The highest BCUT2D eigenvalue weighted by Gasteiger charge is 2.31. The molecule has 5 nitrogen and oxygen atoms in total. The van der Waals surface area contributed by atoms with Gasteiger partial charge in [-0.05, 0) is 36.8 Å². The smallest absolute Gasteiger partial charge is 0.266 e. The maximum Gasteiger partial charge on any atom is 0.266 e. The number of carbonyl (C=O) groups is 1. The number of amides is 1. The van der Waals surface area contributed by atoms with Crippen molar-refractivity contribution in [2.75, 3.05) is 13.2 Å². The van der Waals surface area contributed by atoms with E-state index in [2.05, 4.69) is 13.5 Å². The third-order valence-electron chi connectivity index (χ3n) is 4.82. The third-order valence-corrected chi connectivity index (χ3v) is 6.19. The Bertz CT molecular complexity index is 1180. The molecular formula is C25H23N3O2S2. The molecule has 0 aliphatic carbocycles. The largest absolute Gasteiger partial charge is 0.494 e. The number of hydrogen-bond donors (Lipinski definition) is 0. The molecule has 0 spiro atoms. The van der Waals surface area contributed by atoms with Gasteiger partial charge in [0.1, 0.15) is 15.8 Å². The molecule has 1 fully saturated rings. The first-order chi connectivity index (χ1) is 15.6. The molecule has 1 saturated heterocycles. The lowest BCUT2D eigenvalue weighted by Gasteiger charge is -2.10. The van der Waals surface area contributed by atoms with Gasteiger partial charge in [-0.2, -0.15) is 5.10 Å². The van der Waals surface area contributed by atoms with Gasteiger partial charge in [-0.25, -0.2) is 4.68 Å². The van der Waals surface area contributed by atoms with Crippen molar-refractivity contribution < 1.29 is 9.53 Å². The summed E-state index contributed by atoms with van der Waals surface area (Å²) in [6.45, 7) is 6.84. The Hall–Kier alpha value is -3.16. The van der Waals surface area contributed by atoms with Gasteiger partial charge in [-0.15, -0.1) is 6.58 Å². The predicted molar refractivity (Wildman–Crippen MR) is 135 cm³/mol. The van der Waals surface area contributed by atoms with E-state index >= 15 is 0 Å². The quantitative estimate of drug-likeness (QED) is 0.244. The Balaban J connectivity index is 1.78. The normalized spacial score (nSPS) is 14.9. The van der Waals surface area contributed by atoms with E-state index < -0.39 is 0 Å². The summed E-state index contributed by atoms with van der Waals surface area (Å²) in [6.07, 6.45) is 6.41. The van der Waals surface area contributed by atoms with Crippen LogP contribution in [0, 0.1) is 0 Å². The van der Waals surface area contributed by atoms with Crippen LogP contribution in [-0.2, 0) is 4.79 Å². The lowest BCUT2D eigenvalue weighted by atomic mass is 10.1. The number of thiocarbonyl (C=S) groups is 1. The van der Waals surface area contributed by atoms with Crippen LogP contribution in [0.15, 0.2) is 78.4 Å². The van der Waals surface area contributed by atoms with E-state index in [-0.39, 0.29) is 5.91 Å². The van der Waals surface area contributed by atoms with Crippen molar-refractivity contribution in [2.24, 2.45) is 0 Å². The van der Waals surface area contributed by atoms with Crippen LogP contribution in [0.4, 0.5) is 0 Å². The summed E-state index contributed by atoms with van der Waals surface area (Å²) in [4.78, 5) is 15.0. The number of hydrogen-bond acceptors (Lipinski definition) is 5. The Morgan fingerprint density at radius 1 is 1.19 bits per heavy atom. The Labute approximate surface area is 197 Å². The van der Waals surface area contributed by atoms with Gasteiger partial charge >= 0.3 is 0 Å². The topological polar surface area (TPSA) is 47.4 Å². The molecule has 3 aromatic rings. The molecule has 0 radical (unpaired) electrons. The SMILES string of the molecule is C=CCN1C(=O)/C(=C/c2cn(-c3ccccc3)nc2-c2cccc(OCCC)c2)SC1=S. The zero-order valence-corrected chi connectivity index (χ0v) is 19.4. The maximum atomic E-state index is 12.9. The first-order valence-corrected chi connectivity index (χ1v) is 11.6. The summed E-state index contributed by atoms with van der Waals surface area (Å²) >= 11 is 6.68. The van der Waals surface area contributed by atoms with E-state index in [0.29, 0.717) is 22.4 Å². The highest BCUT2D eigenvalue weighted by molar-refractivity contribution is 8.26. The van der Waals surface area contributed by atoms with Crippen LogP contribution in [0.1, 0.15) is 18.9 Å². The van der Waals surface area contributed by atoms with Crippen LogP contribution in [-0.4, -0.2) is 38.1 Å². The fraction of sp³-hybridized carbons (Fsp3) is 0.160. The lowest BCUT2D eigenvalue weighted by molar-refractivity contribution is -0.121. The van der Waals surface area contributed by atoms with E-state index in [4.69, 9.17) is 22.1 Å². The number of carbonyl (C=O) groups excluding carboxylic acids is 1. The van der Waals surface area contributed by atoms with Gasteiger partial charge in [0.2, 0.25) is 0 Å². The fourth-order valence-electron chi connectivity index (χ4n) is 3.31. The van der Waals surface area contributed by atoms with Gasteiger partial charge < -0.3 is 4.74 Å². The zero-order valence-electron chi connectivity index (χ0n) is 17.7. The van der Waals surface area contributed by atoms with Crippen molar-refractivity contribution in [1.82, 2.24) is 14.7 Å². The zero-order chi connectivity index (χ0) is 22.5. The molecule has 7 heteroatoms. The molecule has 0 saturated carbocycles. The summed E-state index contributed by atoms with van der Waals surface area (Å²) < 4.78 is 8.17. The highest BCUT2D eigenvalue weighted by Crippen LogP contribution is 2.35. The van der Waals surface area contributed by atoms with Crippen LogP contribution >= 0.6 is 24.0 Å². The summed E-state index contributed by atoms with van der Waals surface area (Å²) in [5.41, 5.74) is 3.46. The average Bonchev–Trinajstić information content (AvgIpc) is 3.35. The minimum atomic E-state index is -0.113. The minimum Gasteiger partial charge on any atom is -0.494 e. The average molecular weight is 462 g/mol. The van der Waals surface area contributed by atoms with Crippen LogP contribution in [0.25, 0.3) is 23.0 Å². The Morgan fingerprint density at radius 2 is 2.00 bits per heavy atom. The van der Waals surface area contributed by atoms with Crippen molar-refractivity contribution in [2.45, 2.75) is 13.3 Å². The Morgan fingerprint density at radius 3 is 2.75 bits per heavy atom. The van der Waals surface area contributed by atoms with Crippen molar-refractivity contribution >= 4 is 40.3 Å². The molecule has 1 aromatic heterocycles. The van der Waals surface area contributed by atoms with E-state index in [1.54, 1.807) is 11.0 Å². The van der Waals surface area contributed by atoms with Gasteiger partial charge in [0.25, 0.3) is 5.91 Å². The number of aromatic nitrogens is 2. The second-order valence-electron chi connectivity index (χ2n) is 7.17. The van der Waals surface area contributed by atoms with E-state index in [0.717, 1.165) is 34.7 Å². The number of nitrogens with zero attached hydrogens (tertiary/aromatic N) is 3. The third kappa shape index (κ3) is 4.69. The molecule has 0 atom stereocenters. The van der Waals surface area contributed by atoms with Crippen molar-refractivity contribution in [1.29, 1.82) is 0 Å². The molecule has 1 amide bonds. The molecule has 0 bridgehead atoms. The molecule has 162 valence electrons. The van der Waals surface area contributed by atoms with Crippen LogP contribution < -0.4 is 4.74 Å². The van der Waals surface area contributed by atoms with Crippen molar-refractivity contribution in [3.05, 3.63) is 83.9 Å². The van der Waals surface area contributed by atoms with E-state index in [1.165, 1.54) is 11.8 Å². The van der Waals surface area contributed by atoms with Crippen LogP contribution in [0.2, 0.25) is 0 Å². The lowest BCUT2D eigenvalue weighted by Crippen LogP contribution is -2.27. The summed E-state index contributed by atoms with van der Waals surface area (Å²) in [5, 5.41) is 4.85. The van der Waals surface area contributed by atoms with Crippen LogP contribution in [0.5, 0.6) is 5.75 Å².